The first-order valence-electron chi connectivity index (χ1n) is 19.9. The Hall–Kier alpha value is -0.140. The molecule has 0 radical (unpaired) electrons. The van der Waals surface area contributed by atoms with Gasteiger partial charge in [-0.1, -0.05) is 0 Å². The molecule has 31 nitrogen and oxygen atoms in total. The number of nitrogens with one attached hydrogen (secondary N) is 2. The number of methoxy groups -OCH3 is 8. The van der Waals surface area contributed by atoms with Gasteiger partial charge in [0.1, 0.15) is 122 Å². The maximum absolute atomic E-state index is 10.7. The van der Waals surface area contributed by atoms with Crippen molar-refractivity contribution in [3.63, 3.8) is 0 Å². The molecule has 36 heteroatoms. The molecule has 0 aliphatic carbocycles. The van der Waals surface area contributed by atoms with Gasteiger partial charge in [0.05, 0.1) is 6.61 Å². The molecule has 0 saturated carbocycles. The van der Waals surface area contributed by atoms with E-state index >= 15 is 0 Å². The van der Waals surface area contributed by atoms with Crippen LogP contribution in [0.1, 0.15) is 6.92 Å². The summed E-state index contributed by atoms with van der Waals surface area (Å²) in [5, 5.41) is 108. The van der Waals surface area contributed by atoms with Crippen molar-refractivity contribution < 1.29 is 162 Å². The topological polar surface area (TPSA) is 506 Å². The third-order valence-electron chi connectivity index (χ3n) is 9.96. The van der Waals surface area contributed by atoms with Crippen molar-refractivity contribution in [3.05, 3.63) is 0 Å². The van der Waals surface area contributed by atoms with Crippen molar-refractivity contribution in [1.82, 2.24) is 6.15 Å². The van der Waals surface area contributed by atoms with E-state index in [4.69, 9.17) is 92.2 Å². The molecule has 4 rings (SSSR count). The van der Waals surface area contributed by atoms with Gasteiger partial charge in [-0.2, -0.15) is 5.26 Å². The number of esters is 1. The normalized spacial score (nSPS) is 35.0. The average molecular weight is 1350 g/mol. The third kappa shape index (κ3) is 27.5. The summed E-state index contributed by atoms with van der Waals surface area (Å²) in [5.41, 5.74) is 0. The van der Waals surface area contributed by atoms with E-state index in [1.165, 1.54) is 63.8 Å². The first-order chi connectivity index (χ1) is 32.1. The molecule has 0 amide bonds. The van der Waals surface area contributed by atoms with Crippen LogP contribution in [0.25, 0.3) is 0 Å². The average Bonchev–Trinajstić information content (AvgIpc) is 3.31. The molecule has 4 saturated heterocycles. The van der Waals surface area contributed by atoms with Gasteiger partial charge < -0.3 is 134 Å². The Labute approximate surface area is 479 Å². The second kappa shape index (κ2) is 45.7. The second-order valence-electron chi connectivity index (χ2n) is 14.1. The van der Waals surface area contributed by atoms with Crippen LogP contribution in [0.3, 0.4) is 0 Å². The van der Waals surface area contributed by atoms with E-state index in [1.807, 2.05) is 0 Å². The fourth-order valence-corrected chi connectivity index (χ4v) is 6.89. The number of halogens is 4. The minimum atomic E-state index is -1.21. The van der Waals surface area contributed by atoms with Crippen LogP contribution in [0.5, 0.6) is 0 Å². The number of carbonyl (C=O) groups excluding carboxylic acids is 1. The van der Waals surface area contributed by atoms with Crippen LogP contribution in [0.15, 0.2) is 0 Å². The fourth-order valence-electron chi connectivity index (χ4n) is 6.63. The number of rotatable bonds is 15. The molecule has 0 aromatic rings. The maximum Gasteiger partial charge on any atom is 1.00 e. The summed E-state index contributed by atoms with van der Waals surface area (Å²) in [6.45, 7) is 0.905. The largest absolute Gasteiger partial charge is 1.00 e. The predicted molar refractivity (Wildman–Crippen MR) is 258 cm³/mol. The van der Waals surface area contributed by atoms with Crippen LogP contribution in [0.2, 0.25) is 0 Å². The molecule has 73 heavy (non-hydrogen) atoms. The van der Waals surface area contributed by atoms with Crippen LogP contribution in [-0.4, -0.2) is 279 Å². The summed E-state index contributed by atoms with van der Waals surface area (Å²) in [4.78, 5) is 12.0. The van der Waals surface area contributed by atoms with Gasteiger partial charge in [0.25, 0.3) is 9.61 Å². The van der Waals surface area contributed by atoms with Crippen molar-refractivity contribution in [1.29, 1.82) is 16.1 Å². The second-order valence-corrected chi connectivity index (χ2v) is 15.9. The summed E-state index contributed by atoms with van der Waals surface area (Å²) in [6.07, 6.45) is -18.8. The molecule has 0 aromatic heterocycles. The predicted octanol–water partition coefficient (Wildman–Crippen LogP) is -6.77. The van der Waals surface area contributed by atoms with Crippen molar-refractivity contribution in [2.24, 2.45) is 0 Å². The fraction of sp³-hybridized carbons (Fsp3) is 0.892. The van der Waals surface area contributed by atoms with Gasteiger partial charge >= 0.3 is 35.5 Å². The van der Waals surface area contributed by atoms with Gasteiger partial charge in [-0.15, -0.1) is 17.0 Å². The van der Waals surface area contributed by atoms with Crippen molar-refractivity contribution >= 4 is 80.4 Å². The third-order valence-corrected chi connectivity index (χ3v) is 10.4. The van der Waals surface area contributed by atoms with Crippen LogP contribution in [0.4, 0.5) is 0 Å². The van der Waals surface area contributed by atoms with E-state index in [0.717, 1.165) is 0 Å². The molecule has 20 atom stereocenters. The van der Waals surface area contributed by atoms with Crippen molar-refractivity contribution in [2.45, 2.75) is 130 Å². The number of ether oxygens (including phenoxy) is 15. The number of hydrogen-bond donors (Lipinski definition) is 12. The van der Waals surface area contributed by atoms with E-state index in [2.05, 4.69) is 47.8 Å². The van der Waals surface area contributed by atoms with Crippen LogP contribution >= 0.6 is 64.8 Å². The van der Waals surface area contributed by atoms with Crippen LogP contribution in [-0.2, 0) is 75.8 Å². The molecule has 4 fully saturated rings. The van der Waals surface area contributed by atoms with Gasteiger partial charge in [0.2, 0.25) is 0 Å². The number of carbonyl (C=O) groups is 1. The van der Waals surface area contributed by atoms with Crippen LogP contribution in [0, 0.1) is 21.1 Å². The molecule has 0 bridgehead atoms. The van der Waals surface area contributed by atoms with E-state index in [9.17, 15) is 45.6 Å². The zero-order chi connectivity index (χ0) is 52.4. The van der Waals surface area contributed by atoms with Gasteiger partial charge in [-0.3, -0.25) is 15.6 Å². The van der Waals surface area contributed by atoms with E-state index in [1.54, 1.807) is 4.98 Å². The quantitative estimate of drug-likeness (QED) is 0.0314. The Bertz CT molecular complexity index is 1350. The molecule has 17 N–H and O–H groups in total. The molecule has 4 aliphatic rings. The van der Waals surface area contributed by atoms with Crippen LogP contribution < -0.4 is 35.7 Å². The standard InChI is InChI=1S/C10H18O7.2C9H16BrNO6.C8H16O6.CBrN.BrH.H3N.Na.2H2O/c1-5(11)16-4-6-9(14-2)7(12)8(13)10(15-3)17-6;2*1-14-7-4(3-16-9(10)11)17-8(15-2)6(13)5(7)12;1-12-7-4(3-9)14-8(13-2)6(11)5(7)10;2-1-3;;;;;/h6-10,12-13H,4H2,1-3H3;2*4-8,11-13H,3H2,1-2H3;4-11H,3H2,1-2H3;;1H;1H3;;2*1H2/q;;;;;;;+1;;/p-1/t6?,7-,8?,9-,10+;3*4?,5-,6?,7-,8+;;;;;;/m0000....../s1. The Morgan fingerprint density at radius 1 is 0.521 bits per heavy atom. The number of hydrogen-bond acceptors (Lipinski definition) is 30. The molecular weight excluding hydrogens is 1280 g/mol. The number of nitrogens with zero attached hydrogens (tertiary/aromatic N) is 1. The van der Waals surface area contributed by atoms with E-state index in [-0.39, 0.29) is 99.7 Å². The summed E-state index contributed by atoms with van der Waals surface area (Å²) in [5.74, 6) is -0.460. The minimum Gasteiger partial charge on any atom is -0.870 e. The number of aliphatic hydroxyl groups is 9. The van der Waals surface area contributed by atoms with Crippen molar-refractivity contribution in [3.8, 4) is 4.98 Å². The first-order valence-corrected chi connectivity index (χ1v) is 22.2. The van der Waals surface area contributed by atoms with Gasteiger partial charge in [-0.05, 0) is 0 Å². The summed E-state index contributed by atoms with van der Waals surface area (Å²) in [7, 11) is 10.9. The summed E-state index contributed by atoms with van der Waals surface area (Å²) < 4.78 is 75.4. The Morgan fingerprint density at radius 2 is 0.726 bits per heavy atom. The first kappa shape index (κ1) is 84.2. The number of nitriles is 1. The Kier molecular flexibility index (Phi) is 52.7. The van der Waals surface area contributed by atoms with E-state index < -0.39 is 129 Å². The molecule has 0 aromatic carbocycles. The van der Waals surface area contributed by atoms with E-state index in [0.29, 0.717) is 0 Å². The minimum absolute atomic E-state index is 0. The zero-order valence-electron chi connectivity index (χ0n) is 41.6. The summed E-state index contributed by atoms with van der Waals surface area (Å²) in [6, 6.07) is 0. The molecule has 432 valence electrons. The summed E-state index contributed by atoms with van der Waals surface area (Å²) >= 11 is 8.10. The zero-order valence-corrected chi connectivity index (χ0v) is 50.0. The molecule has 4 heterocycles. The Balaban J connectivity index is -0.000000197. The molecule has 0 spiro atoms. The number of aliphatic hydroxyl groups excluding tert-OH is 9. The Morgan fingerprint density at radius 3 is 0.904 bits per heavy atom. The maximum atomic E-state index is 10.7. The smallest absolute Gasteiger partial charge is 0.870 e. The molecule has 4 aliphatic heterocycles. The molecule has 8 unspecified atom stereocenters. The monoisotopic (exact) mass is 1340 g/mol. The SMILES string of the molecule is Br.CO[C@@H]1OC(CO)[C@H](OC)[C@@H](O)C1O.CO[C@@H]1OC(COC(=N)Br)[C@H](OC)[C@@H](O)C1O.CO[C@@H]1OC(COC(=N)Br)[C@H](OC)[C@@H](O)C1O.CO[C@@H]1OC(COC(C)=O)[C@H](OC)[C@@H](O)C1O.N.N#CBr.O.[Na+].[OH-]. The van der Waals surface area contributed by atoms with Gasteiger partial charge in [-0.25, -0.2) is 0 Å². The van der Waals surface area contributed by atoms with Gasteiger partial charge in [0.15, 0.2) is 25.2 Å². The molecular formula is C37H73Br4N4NaO27. The van der Waals surface area contributed by atoms with Crippen molar-refractivity contribution in [2.75, 3.05) is 83.3 Å². The van der Waals surface area contributed by atoms with Gasteiger partial charge in [0, 0.05) is 112 Å².